The van der Waals surface area contributed by atoms with Crippen LogP contribution < -0.4 is 21.1 Å². The van der Waals surface area contributed by atoms with Gasteiger partial charge in [-0.15, -0.1) is 0 Å². The zero-order valence-electron chi connectivity index (χ0n) is 22.2. The molecule has 4 heterocycles. The first-order chi connectivity index (χ1) is 19.3. The molecule has 4 aromatic rings. The molecule has 2 aromatic carbocycles. The maximum absolute atomic E-state index is 16.6. The van der Waals surface area contributed by atoms with Crippen LogP contribution in [0.3, 0.4) is 0 Å². The Hall–Kier alpha value is -3.28. The van der Waals surface area contributed by atoms with E-state index in [1.165, 1.54) is 11.3 Å². The SMILES string of the molecule is CN1CCC[C@H]1COc1nc(N2CCCC(C(N)=O)CC2)c2cc(Cl)c(-c3cccc4sc(N)nc34)c(F)c2n1. The predicted octanol–water partition coefficient (Wildman–Crippen LogP) is 4.85. The average Bonchev–Trinajstić information content (AvgIpc) is 3.42. The minimum absolute atomic E-state index is 0.113. The molecular formula is C28H31ClFN7O2S. The number of halogens is 2. The van der Waals surface area contributed by atoms with E-state index in [9.17, 15) is 4.79 Å². The molecule has 0 spiro atoms. The van der Waals surface area contributed by atoms with E-state index in [0.717, 1.165) is 30.5 Å². The van der Waals surface area contributed by atoms with Gasteiger partial charge in [-0.05, 0) is 57.8 Å². The van der Waals surface area contributed by atoms with Crippen LogP contribution >= 0.6 is 22.9 Å². The summed E-state index contributed by atoms with van der Waals surface area (Å²) >= 11 is 8.13. The number of likely N-dealkylation sites (N-methyl/N-ethyl adjacent to an activating group) is 1. The molecule has 1 amide bonds. The molecule has 2 aliphatic heterocycles. The van der Waals surface area contributed by atoms with Crippen LogP contribution in [0.2, 0.25) is 5.02 Å². The standard InChI is InChI=1S/C28H31ClFN7O2S/c1-36-10-4-6-16(36)14-39-28-34-24-18(26(35-28)37-11-3-5-15(9-12-37)25(31)38)13-19(29)21(22(24)30)17-7-2-8-20-23(17)33-27(32)40-20/h2,7-8,13,15-16H,3-6,9-12,14H2,1H3,(H2,31,38)(H2,32,33)/t15?,16-/m0/s1. The van der Waals surface area contributed by atoms with Gasteiger partial charge in [0.2, 0.25) is 5.91 Å². The molecule has 0 radical (unpaired) electrons. The second kappa shape index (κ2) is 10.9. The van der Waals surface area contributed by atoms with Gasteiger partial charge in [0.15, 0.2) is 10.9 Å². The fraction of sp³-hybridized carbons (Fsp3) is 0.429. The van der Waals surface area contributed by atoms with E-state index in [1.54, 1.807) is 12.1 Å². The van der Waals surface area contributed by atoms with E-state index in [2.05, 4.69) is 26.8 Å². The molecule has 210 valence electrons. The summed E-state index contributed by atoms with van der Waals surface area (Å²) in [4.78, 5) is 30.0. The number of benzene rings is 2. The van der Waals surface area contributed by atoms with Crippen molar-refractivity contribution in [1.29, 1.82) is 0 Å². The molecule has 2 fully saturated rings. The summed E-state index contributed by atoms with van der Waals surface area (Å²) in [7, 11) is 2.07. The van der Waals surface area contributed by atoms with Gasteiger partial charge in [0.05, 0.1) is 15.2 Å². The highest BCUT2D eigenvalue weighted by atomic mass is 35.5. The van der Waals surface area contributed by atoms with Gasteiger partial charge >= 0.3 is 6.01 Å². The van der Waals surface area contributed by atoms with Crippen LogP contribution in [0, 0.1) is 11.7 Å². The zero-order chi connectivity index (χ0) is 28.0. The van der Waals surface area contributed by atoms with Crippen molar-refractivity contribution >= 4 is 60.9 Å². The van der Waals surface area contributed by atoms with Crippen LogP contribution in [0.15, 0.2) is 24.3 Å². The third kappa shape index (κ3) is 5.02. The molecule has 2 aliphatic rings. The number of thiazole rings is 1. The van der Waals surface area contributed by atoms with Crippen LogP contribution in [-0.2, 0) is 4.79 Å². The fourth-order valence-electron chi connectivity index (χ4n) is 5.83. The predicted molar refractivity (Wildman–Crippen MR) is 157 cm³/mol. The largest absolute Gasteiger partial charge is 0.462 e. The van der Waals surface area contributed by atoms with E-state index in [4.69, 9.17) is 32.8 Å². The van der Waals surface area contributed by atoms with Gasteiger partial charge in [-0.2, -0.15) is 9.97 Å². The number of aromatic nitrogens is 3. The first kappa shape index (κ1) is 26.9. The normalized spacial score (nSPS) is 20.3. The van der Waals surface area contributed by atoms with Gasteiger partial charge in [0.25, 0.3) is 0 Å². The first-order valence-corrected chi connectivity index (χ1v) is 14.7. The molecule has 40 heavy (non-hydrogen) atoms. The molecule has 2 atom stereocenters. The number of nitrogens with zero attached hydrogens (tertiary/aromatic N) is 5. The summed E-state index contributed by atoms with van der Waals surface area (Å²) in [5.74, 6) is -0.536. The number of primary amides is 1. The number of carbonyl (C=O) groups excluding carboxylic acids is 1. The molecule has 6 rings (SSSR count). The van der Waals surface area contributed by atoms with Gasteiger partial charge in [0.1, 0.15) is 17.9 Å². The fourth-order valence-corrected chi connectivity index (χ4v) is 6.89. The summed E-state index contributed by atoms with van der Waals surface area (Å²) < 4.78 is 23.5. The number of likely N-dealkylation sites (tertiary alicyclic amines) is 1. The van der Waals surface area contributed by atoms with Crippen molar-refractivity contribution in [2.45, 2.75) is 38.1 Å². The number of anilines is 2. The lowest BCUT2D eigenvalue weighted by molar-refractivity contribution is -0.122. The quantitative estimate of drug-likeness (QED) is 0.330. The number of nitrogen functional groups attached to an aromatic ring is 1. The van der Waals surface area contributed by atoms with E-state index in [1.807, 2.05) is 12.1 Å². The van der Waals surface area contributed by atoms with E-state index in [-0.39, 0.29) is 40.0 Å². The van der Waals surface area contributed by atoms with Gasteiger partial charge in [-0.1, -0.05) is 35.1 Å². The Balaban J connectivity index is 1.48. The van der Waals surface area contributed by atoms with Crippen molar-refractivity contribution in [2.24, 2.45) is 11.7 Å². The molecular weight excluding hydrogens is 553 g/mol. The number of rotatable bonds is 6. The Morgan fingerprint density at radius 3 is 2.75 bits per heavy atom. The molecule has 4 N–H and O–H groups in total. The van der Waals surface area contributed by atoms with Crippen molar-refractivity contribution in [3.63, 3.8) is 0 Å². The smallest absolute Gasteiger partial charge is 0.319 e. The summed E-state index contributed by atoms with van der Waals surface area (Å²) in [6.07, 6.45) is 4.17. The van der Waals surface area contributed by atoms with Crippen LogP contribution in [0.5, 0.6) is 6.01 Å². The second-order valence-corrected chi connectivity index (χ2v) is 12.1. The lowest BCUT2D eigenvalue weighted by Crippen LogP contribution is -2.31. The molecule has 0 saturated carbocycles. The van der Waals surface area contributed by atoms with E-state index >= 15 is 4.39 Å². The van der Waals surface area contributed by atoms with Crippen molar-refractivity contribution in [1.82, 2.24) is 19.9 Å². The number of carbonyl (C=O) groups is 1. The zero-order valence-corrected chi connectivity index (χ0v) is 23.8. The number of nitrogens with two attached hydrogens (primary N) is 2. The van der Waals surface area contributed by atoms with Gasteiger partial charge in [0, 0.05) is 41.6 Å². The molecule has 2 saturated heterocycles. The minimum atomic E-state index is -0.571. The van der Waals surface area contributed by atoms with Gasteiger partial charge < -0.3 is 26.0 Å². The average molecular weight is 584 g/mol. The van der Waals surface area contributed by atoms with Crippen molar-refractivity contribution in [3.8, 4) is 17.1 Å². The minimum Gasteiger partial charge on any atom is -0.462 e. The third-order valence-electron chi connectivity index (χ3n) is 8.05. The molecule has 9 nitrogen and oxygen atoms in total. The van der Waals surface area contributed by atoms with Gasteiger partial charge in [-0.3, -0.25) is 4.79 Å². The molecule has 1 unspecified atom stereocenters. The topological polar surface area (TPSA) is 123 Å². The lowest BCUT2D eigenvalue weighted by Gasteiger charge is -2.25. The van der Waals surface area contributed by atoms with Crippen molar-refractivity contribution < 1.29 is 13.9 Å². The highest BCUT2D eigenvalue weighted by molar-refractivity contribution is 7.22. The Morgan fingerprint density at radius 1 is 1.15 bits per heavy atom. The van der Waals surface area contributed by atoms with E-state index < -0.39 is 5.82 Å². The van der Waals surface area contributed by atoms with Crippen LogP contribution in [0.4, 0.5) is 15.3 Å². The maximum Gasteiger partial charge on any atom is 0.319 e. The van der Waals surface area contributed by atoms with E-state index in [0.29, 0.717) is 60.0 Å². The maximum atomic E-state index is 16.6. The molecule has 0 bridgehead atoms. The Kier molecular flexibility index (Phi) is 7.37. The Morgan fingerprint density at radius 2 is 1.98 bits per heavy atom. The second-order valence-electron chi connectivity index (χ2n) is 10.6. The number of hydrogen-bond donors (Lipinski definition) is 2. The number of fused-ring (bicyclic) bond motifs is 2. The number of para-hydroxylation sites is 1. The molecule has 2 aromatic heterocycles. The Labute approximate surface area is 240 Å². The summed E-state index contributed by atoms with van der Waals surface area (Å²) in [6, 6.07) is 7.58. The third-order valence-corrected chi connectivity index (χ3v) is 9.20. The Bertz CT molecular complexity index is 1600. The monoisotopic (exact) mass is 583 g/mol. The van der Waals surface area contributed by atoms with Crippen LogP contribution in [0.25, 0.3) is 32.2 Å². The van der Waals surface area contributed by atoms with Crippen molar-refractivity contribution in [3.05, 3.63) is 35.1 Å². The van der Waals surface area contributed by atoms with Crippen LogP contribution in [-0.4, -0.2) is 65.1 Å². The highest BCUT2D eigenvalue weighted by Crippen LogP contribution is 2.42. The summed E-state index contributed by atoms with van der Waals surface area (Å²) in [5, 5.41) is 1.10. The van der Waals surface area contributed by atoms with Crippen LogP contribution in [0.1, 0.15) is 32.1 Å². The van der Waals surface area contributed by atoms with Crippen molar-refractivity contribution in [2.75, 3.05) is 43.9 Å². The number of ether oxygens (including phenoxy) is 1. The number of hydrogen-bond acceptors (Lipinski definition) is 9. The summed E-state index contributed by atoms with van der Waals surface area (Å²) in [5.41, 5.74) is 13.0. The molecule has 12 heteroatoms. The number of amides is 1. The highest BCUT2D eigenvalue weighted by Gasteiger charge is 2.28. The summed E-state index contributed by atoms with van der Waals surface area (Å²) in [6.45, 7) is 2.60. The lowest BCUT2D eigenvalue weighted by atomic mass is 10.0. The first-order valence-electron chi connectivity index (χ1n) is 13.5. The van der Waals surface area contributed by atoms with Gasteiger partial charge in [-0.25, -0.2) is 9.37 Å². The molecule has 0 aliphatic carbocycles.